The van der Waals surface area contributed by atoms with Gasteiger partial charge in [-0.1, -0.05) is 0 Å². The van der Waals surface area contributed by atoms with Gasteiger partial charge in [0.15, 0.2) is 0 Å². The van der Waals surface area contributed by atoms with Gasteiger partial charge < -0.3 is 4.90 Å². The molecule has 1 aromatic heterocycles. The molecule has 2 saturated heterocycles. The number of nitrogens with zero attached hydrogens (tertiary/aromatic N) is 2. The topological polar surface area (TPSA) is 57.7 Å². The lowest BCUT2D eigenvalue weighted by atomic mass is 10.1. The third-order valence-electron chi connectivity index (χ3n) is 4.64. The Morgan fingerprint density at radius 3 is 2.45 bits per heavy atom. The van der Waals surface area contributed by atoms with Crippen molar-refractivity contribution in [1.82, 2.24) is 9.80 Å². The fourth-order valence-corrected chi connectivity index (χ4v) is 5.39. The van der Waals surface area contributed by atoms with E-state index in [2.05, 4.69) is 4.90 Å². The Bertz CT molecular complexity index is 591. The molecule has 22 heavy (non-hydrogen) atoms. The molecule has 1 amide bonds. The molecular weight excluding hydrogens is 320 g/mol. The summed E-state index contributed by atoms with van der Waals surface area (Å²) in [6.07, 6.45) is 1.97. The maximum atomic E-state index is 12.3. The predicted octanol–water partition coefficient (Wildman–Crippen LogP) is 1.01. The van der Waals surface area contributed by atoms with Crippen molar-refractivity contribution in [3.63, 3.8) is 0 Å². The second-order valence-electron chi connectivity index (χ2n) is 6.11. The van der Waals surface area contributed by atoms with Crippen LogP contribution in [0.1, 0.15) is 18.4 Å². The largest absolute Gasteiger partial charge is 0.340 e. The van der Waals surface area contributed by atoms with Gasteiger partial charge in [-0.15, -0.1) is 0 Å². The van der Waals surface area contributed by atoms with Gasteiger partial charge >= 0.3 is 0 Å². The summed E-state index contributed by atoms with van der Waals surface area (Å²) in [7, 11) is -2.80. The zero-order valence-electron chi connectivity index (χ0n) is 12.6. The molecule has 122 valence electrons. The standard InChI is InChI=1S/C15H22N2O3S2/c18-15(11-13-1-8-21-12-13)17-6-4-16(5-7-17)14-2-9-22(19,20)10-3-14/h1,8,12,14H,2-7,9-11H2. The third-order valence-corrected chi connectivity index (χ3v) is 7.09. The number of piperazine rings is 1. The number of amides is 1. The zero-order chi connectivity index (χ0) is 15.6. The summed E-state index contributed by atoms with van der Waals surface area (Å²) in [6, 6.07) is 2.37. The number of carbonyl (C=O) groups excluding carboxylic acids is 1. The molecule has 0 aliphatic carbocycles. The first kappa shape index (κ1) is 16.0. The SMILES string of the molecule is O=C(Cc1ccsc1)N1CCN(C2CCS(=O)(=O)CC2)CC1. The van der Waals surface area contributed by atoms with Gasteiger partial charge in [-0.2, -0.15) is 11.3 Å². The van der Waals surface area contributed by atoms with Gasteiger partial charge in [0.1, 0.15) is 9.84 Å². The summed E-state index contributed by atoms with van der Waals surface area (Å²) in [5.41, 5.74) is 1.09. The molecule has 0 N–H and O–H groups in total. The molecule has 0 spiro atoms. The van der Waals surface area contributed by atoms with Gasteiger partial charge in [0.25, 0.3) is 0 Å². The monoisotopic (exact) mass is 342 g/mol. The van der Waals surface area contributed by atoms with Crippen LogP contribution in [0.15, 0.2) is 16.8 Å². The summed E-state index contributed by atoms with van der Waals surface area (Å²) in [4.78, 5) is 16.6. The fraction of sp³-hybridized carbons (Fsp3) is 0.667. The minimum absolute atomic E-state index is 0.198. The first-order chi connectivity index (χ1) is 10.5. The summed E-state index contributed by atoms with van der Waals surface area (Å²) < 4.78 is 23.0. The molecule has 0 bridgehead atoms. The van der Waals surface area contributed by atoms with Crippen molar-refractivity contribution in [2.45, 2.75) is 25.3 Å². The van der Waals surface area contributed by atoms with E-state index in [0.29, 0.717) is 24.0 Å². The highest BCUT2D eigenvalue weighted by Crippen LogP contribution is 2.20. The first-order valence-electron chi connectivity index (χ1n) is 7.77. The maximum absolute atomic E-state index is 12.3. The Kier molecular flexibility index (Phi) is 4.84. The molecule has 3 rings (SSSR count). The molecule has 0 unspecified atom stereocenters. The number of thiophene rings is 1. The Labute approximate surface area is 135 Å². The molecule has 5 nitrogen and oxygen atoms in total. The number of carbonyl (C=O) groups is 1. The first-order valence-corrected chi connectivity index (χ1v) is 10.5. The van der Waals surface area contributed by atoms with Gasteiger partial charge in [-0.05, 0) is 35.2 Å². The molecule has 1 aromatic rings. The van der Waals surface area contributed by atoms with E-state index in [-0.39, 0.29) is 5.91 Å². The van der Waals surface area contributed by atoms with Crippen molar-refractivity contribution in [2.75, 3.05) is 37.7 Å². The Morgan fingerprint density at radius 1 is 1.18 bits per heavy atom. The van der Waals surface area contributed by atoms with Crippen LogP contribution in [0.25, 0.3) is 0 Å². The lowest BCUT2D eigenvalue weighted by molar-refractivity contribution is -0.132. The molecule has 0 aromatic carbocycles. The maximum Gasteiger partial charge on any atom is 0.227 e. The van der Waals surface area contributed by atoms with Gasteiger partial charge in [-0.3, -0.25) is 9.69 Å². The van der Waals surface area contributed by atoms with Crippen LogP contribution < -0.4 is 0 Å². The van der Waals surface area contributed by atoms with Crippen molar-refractivity contribution >= 4 is 27.1 Å². The Morgan fingerprint density at radius 2 is 1.86 bits per heavy atom. The minimum Gasteiger partial charge on any atom is -0.340 e. The van der Waals surface area contributed by atoms with Crippen LogP contribution in [0, 0.1) is 0 Å². The Hall–Kier alpha value is -0.920. The van der Waals surface area contributed by atoms with E-state index in [1.165, 1.54) is 0 Å². The summed E-state index contributed by atoms with van der Waals surface area (Å²) >= 11 is 1.62. The molecule has 2 aliphatic rings. The number of hydrogen-bond donors (Lipinski definition) is 0. The van der Waals surface area contributed by atoms with Gasteiger partial charge in [0, 0.05) is 32.2 Å². The molecule has 0 saturated carbocycles. The van der Waals surface area contributed by atoms with E-state index >= 15 is 0 Å². The highest BCUT2D eigenvalue weighted by atomic mass is 32.2. The minimum atomic E-state index is -2.80. The second-order valence-corrected chi connectivity index (χ2v) is 9.19. The van der Waals surface area contributed by atoms with Crippen LogP contribution in [-0.4, -0.2) is 67.9 Å². The summed E-state index contributed by atoms with van der Waals surface area (Å²) in [6.45, 7) is 3.23. The third kappa shape index (κ3) is 3.88. The van der Waals surface area contributed by atoms with Crippen LogP contribution in [0.2, 0.25) is 0 Å². The molecule has 0 atom stereocenters. The predicted molar refractivity (Wildman–Crippen MR) is 87.9 cm³/mol. The molecule has 7 heteroatoms. The van der Waals surface area contributed by atoms with Crippen molar-refractivity contribution in [3.8, 4) is 0 Å². The number of rotatable bonds is 3. The lowest BCUT2D eigenvalue weighted by Gasteiger charge is -2.40. The van der Waals surface area contributed by atoms with E-state index in [1.54, 1.807) is 11.3 Å². The van der Waals surface area contributed by atoms with Gasteiger partial charge in [-0.25, -0.2) is 8.42 Å². The molecule has 0 radical (unpaired) electrons. The molecule has 2 fully saturated rings. The van der Waals surface area contributed by atoms with E-state index in [1.807, 2.05) is 21.7 Å². The number of sulfone groups is 1. The second kappa shape index (κ2) is 6.68. The molecular formula is C15H22N2O3S2. The van der Waals surface area contributed by atoms with Crippen LogP contribution in [0.3, 0.4) is 0 Å². The van der Waals surface area contributed by atoms with E-state index in [9.17, 15) is 13.2 Å². The average molecular weight is 342 g/mol. The lowest BCUT2D eigenvalue weighted by Crippen LogP contribution is -2.53. The number of hydrogen-bond acceptors (Lipinski definition) is 5. The normalized spacial score (nSPS) is 23.5. The van der Waals surface area contributed by atoms with Gasteiger partial charge in [0.05, 0.1) is 17.9 Å². The average Bonchev–Trinajstić information content (AvgIpc) is 3.00. The van der Waals surface area contributed by atoms with Crippen LogP contribution >= 0.6 is 11.3 Å². The van der Waals surface area contributed by atoms with Crippen LogP contribution in [0.5, 0.6) is 0 Å². The highest BCUT2D eigenvalue weighted by Gasteiger charge is 2.30. The van der Waals surface area contributed by atoms with Crippen molar-refractivity contribution in [3.05, 3.63) is 22.4 Å². The Balaban J connectivity index is 1.47. The van der Waals surface area contributed by atoms with E-state index in [0.717, 1.165) is 44.6 Å². The highest BCUT2D eigenvalue weighted by molar-refractivity contribution is 7.91. The van der Waals surface area contributed by atoms with Crippen molar-refractivity contribution < 1.29 is 13.2 Å². The molecule has 2 aliphatic heterocycles. The van der Waals surface area contributed by atoms with Crippen LogP contribution in [0.4, 0.5) is 0 Å². The van der Waals surface area contributed by atoms with E-state index in [4.69, 9.17) is 0 Å². The van der Waals surface area contributed by atoms with Crippen molar-refractivity contribution in [1.29, 1.82) is 0 Å². The smallest absolute Gasteiger partial charge is 0.227 e. The quantitative estimate of drug-likeness (QED) is 0.823. The molecule has 3 heterocycles. The summed E-state index contributed by atoms with van der Waals surface area (Å²) in [5, 5.41) is 4.02. The fourth-order valence-electron chi connectivity index (χ4n) is 3.26. The zero-order valence-corrected chi connectivity index (χ0v) is 14.2. The van der Waals surface area contributed by atoms with Crippen molar-refractivity contribution in [2.24, 2.45) is 0 Å². The van der Waals surface area contributed by atoms with Gasteiger partial charge in [0.2, 0.25) is 5.91 Å². The van der Waals surface area contributed by atoms with E-state index < -0.39 is 9.84 Å². The summed E-state index contributed by atoms with van der Waals surface area (Å²) in [5.74, 6) is 0.827. The van der Waals surface area contributed by atoms with Crippen LogP contribution in [-0.2, 0) is 21.1 Å².